The van der Waals surface area contributed by atoms with Crippen molar-refractivity contribution in [1.82, 2.24) is 16.0 Å². The molecule has 0 aromatic heterocycles. The van der Waals surface area contributed by atoms with Gasteiger partial charge in [-0.25, -0.2) is 9.79 Å². The predicted molar refractivity (Wildman–Crippen MR) is 125 cm³/mol. The summed E-state index contributed by atoms with van der Waals surface area (Å²) in [6.45, 7) is 12.7. The van der Waals surface area contributed by atoms with Gasteiger partial charge in [-0.2, -0.15) is 0 Å². The van der Waals surface area contributed by atoms with Gasteiger partial charge in [-0.05, 0) is 58.7 Å². The number of nitrogens with one attached hydrogen (secondary N) is 3. The summed E-state index contributed by atoms with van der Waals surface area (Å²) in [6.07, 6.45) is 0.376. The maximum atomic E-state index is 11.6. The number of amides is 1. The van der Waals surface area contributed by atoms with E-state index in [9.17, 15) is 4.79 Å². The Hall–Kier alpha value is -1.71. The van der Waals surface area contributed by atoms with Gasteiger partial charge < -0.3 is 25.4 Å². The van der Waals surface area contributed by atoms with Crippen molar-refractivity contribution in [3.63, 3.8) is 0 Å². The molecule has 0 radical (unpaired) electrons. The van der Waals surface area contributed by atoms with Crippen LogP contribution in [0.2, 0.25) is 0 Å². The fourth-order valence-corrected chi connectivity index (χ4v) is 2.21. The summed E-state index contributed by atoms with van der Waals surface area (Å²) in [5.41, 5.74) is 0.608. The minimum Gasteiger partial charge on any atom is -0.494 e. The molecule has 3 N–H and O–H groups in total. The van der Waals surface area contributed by atoms with Crippen molar-refractivity contribution >= 4 is 36.0 Å². The third-order valence-corrected chi connectivity index (χ3v) is 3.29. The third-order valence-electron chi connectivity index (χ3n) is 3.29. The Balaban J connectivity index is 0.00000729. The van der Waals surface area contributed by atoms with Crippen LogP contribution in [-0.2, 0) is 11.3 Å². The van der Waals surface area contributed by atoms with Crippen LogP contribution in [0.5, 0.6) is 5.75 Å². The molecule has 1 aromatic carbocycles. The SMILES string of the molecule is CCNC(=NCc1cccc(OCC)c1)NCCCNC(=O)OC(C)(C)C.I. The van der Waals surface area contributed by atoms with E-state index in [0.29, 0.717) is 26.2 Å². The van der Waals surface area contributed by atoms with Crippen LogP contribution in [0, 0.1) is 0 Å². The van der Waals surface area contributed by atoms with Gasteiger partial charge in [0.05, 0.1) is 13.2 Å². The summed E-state index contributed by atoms with van der Waals surface area (Å²) >= 11 is 0. The lowest BCUT2D eigenvalue weighted by Gasteiger charge is -2.19. The van der Waals surface area contributed by atoms with Crippen molar-refractivity contribution in [2.24, 2.45) is 4.99 Å². The first-order chi connectivity index (χ1) is 12.8. The molecule has 28 heavy (non-hydrogen) atoms. The van der Waals surface area contributed by atoms with Gasteiger partial charge in [-0.3, -0.25) is 0 Å². The van der Waals surface area contributed by atoms with Gasteiger partial charge >= 0.3 is 6.09 Å². The molecule has 1 rings (SSSR count). The number of hydrogen-bond donors (Lipinski definition) is 3. The normalized spacial score (nSPS) is 11.2. The minimum absolute atomic E-state index is 0. The topological polar surface area (TPSA) is 84.0 Å². The number of carbonyl (C=O) groups excluding carboxylic acids is 1. The van der Waals surface area contributed by atoms with E-state index in [0.717, 1.165) is 30.2 Å². The van der Waals surface area contributed by atoms with Crippen LogP contribution in [-0.4, -0.2) is 43.9 Å². The van der Waals surface area contributed by atoms with Crippen molar-refractivity contribution in [2.45, 2.75) is 53.2 Å². The second kappa shape index (κ2) is 14.3. The number of halogens is 1. The average Bonchev–Trinajstić information content (AvgIpc) is 2.58. The van der Waals surface area contributed by atoms with E-state index >= 15 is 0 Å². The molecule has 160 valence electrons. The number of aliphatic imine (C=N–C) groups is 1. The molecule has 0 aliphatic heterocycles. The largest absolute Gasteiger partial charge is 0.494 e. The van der Waals surface area contributed by atoms with Crippen molar-refractivity contribution in [2.75, 3.05) is 26.2 Å². The van der Waals surface area contributed by atoms with Gasteiger partial charge in [0, 0.05) is 19.6 Å². The van der Waals surface area contributed by atoms with Crippen LogP contribution in [0.3, 0.4) is 0 Å². The van der Waals surface area contributed by atoms with Crippen LogP contribution in [0.1, 0.15) is 46.6 Å². The summed E-state index contributed by atoms with van der Waals surface area (Å²) in [7, 11) is 0. The molecule has 0 aliphatic carbocycles. The lowest BCUT2D eigenvalue weighted by molar-refractivity contribution is 0.0527. The predicted octanol–water partition coefficient (Wildman–Crippen LogP) is 3.67. The van der Waals surface area contributed by atoms with Crippen LogP contribution in [0.15, 0.2) is 29.3 Å². The Kier molecular flexibility index (Phi) is 13.4. The molecule has 0 saturated carbocycles. The van der Waals surface area contributed by atoms with Gasteiger partial charge in [0.1, 0.15) is 11.4 Å². The molecule has 0 heterocycles. The Morgan fingerprint density at radius 3 is 2.46 bits per heavy atom. The second-order valence-corrected chi connectivity index (χ2v) is 6.98. The number of guanidine groups is 1. The highest BCUT2D eigenvalue weighted by molar-refractivity contribution is 14.0. The molecule has 1 amide bonds. The molecule has 1 aromatic rings. The average molecular weight is 506 g/mol. The van der Waals surface area contributed by atoms with Gasteiger partial charge in [0.15, 0.2) is 5.96 Å². The lowest BCUT2D eigenvalue weighted by Crippen LogP contribution is -2.39. The van der Waals surface area contributed by atoms with E-state index in [2.05, 4.69) is 20.9 Å². The Labute approximate surface area is 186 Å². The van der Waals surface area contributed by atoms with Crippen LogP contribution >= 0.6 is 24.0 Å². The molecule has 0 fully saturated rings. The summed E-state index contributed by atoms with van der Waals surface area (Å²) in [5.74, 6) is 1.60. The van der Waals surface area contributed by atoms with Crippen LogP contribution < -0.4 is 20.7 Å². The maximum absolute atomic E-state index is 11.6. The molecule has 0 atom stereocenters. The summed E-state index contributed by atoms with van der Waals surface area (Å²) < 4.78 is 10.7. The molecular formula is C20H35IN4O3. The molecule has 0 aliphatic rings. The number of alkyl carbamates (subject to hydrolysis) is 1. The molecule has 0 saturated heterocycles. The minimum atomic E-state index is -0.479. The van der Waals surface area contributed by atoms with Crippen molar-refractivity contribution in [3.05, 3.63) is 29.8 Å². The van der Waals surface area contributed by atoms with Gasteiger partial charge in [0.2, 0.25) is 0 Å². The molecule has 7 nitrogen and oxygen atoms in total. The first kappa shape index (κ1) is 26.3. The zero-order valence-corrected chi connectivity index (χ0v) is 20.0. The smallest absolute Gasteiger partial charge is 0.407 e. The fraction of sp³-hybridized carbons (Fsp3) is 0.600. The number of benzene rings is 1. The second-order valence-electron chi connectivity index (χ2n) is 6.98. The molecule has 0 bridgehead atoms. The highest BCUT2D eigenvalue weighted by Crippen LogP contribution is 2.13. The van der Waals surface area contributed by atoms with E-state index in [1.54, 1.807) is 0 Å². The third kappa shape index (κ3) is 12.6. The highest BCUT2D eigenvalue weighted by Gasteiger charge is 2.15. The zero-order valence-electron chi connectivity index (χ0n) is 17.6. The summed E-state index contributed by atoms with van der Waals surface area (Å²) in [6, 6.07) is 7.94. The summed E-state index contributed by atoms with van der Waals surface area (Å²) in [4.78, 5) is 16.2. The van der Waals surface area contributed by atoms with Gasteiger partial charge in [-0.15, -0.1) is 24.0 Å². The fourth-order valence-electron chi connectivity index (χ4n) is 2.21. The lowest BCUT2D eigenvalue weighted by atomic mass is 10.2. The quantitative estimate of drug-likeness (QED) is 0.206. The Morgan fingerprint density at radius 2 is 1.82 bits per heavy atom. The number of hydrogen-bond acceptors (Lipinski definition) is 4. The van der Waals surface area contributed by atoms with E-state index in [1.165, 1.54) is 0 Å². The first-order valence-corrected chi connectivity index (χ1v) is 9.54. The highest BCUT2D eigenvalue weighted by atomic mass is 127. The van der Waals surface area contributed by atoms with Crippen molar-refractivity contribution < 1.29 is 14.3 Å². The van der Waals surface area contributed by atoms with Crippen molar-refractivity contribution in [1.29, 1.82) is 0 Å². The van der Waals surface area contributed by atoms with Crippen LogP contribution in [0.4, 0.5) is 4.79 Å². The van der Waals surface area contributed by atoms with E-state index < -0.39 is 11.7 Å². The Morgan fingerprint density at radius 1 is 1.11 bits per heavy atom. The number of ether oxygens (including phenoxy) is 2. The standard InChI is InChI=1S/C20H34N4O3.HI/c1-6-21-18(22-12-9-13-23-19(25)27-20(3,4)5)24-15-16-10-8-11-17(14-16)26-7-2;/h8,10-11,14H,6-7,9,12-13,15H2,1-5H3,(H,23,25)(H2,21,22,24);1H. The molecule has 8 heteroatoms. The number of carbonyl (C=O) groups is 1. The van der Waals surface area contributed by atoms with E-state index in [-0.39, 0.29) is 24.0 Å². The molecule has 0 unspecified atom stereocenters. The monoisotopic (exact) mass is 506 g/mol. The van der Waals surface area contributed by atoms with E-state index in [4.69, 9.17) is 9.47 Å². The van der Waals surface area contributed by atoms with E-state index in [1.807, 2.05) is 58.9 Å². The molecular weight excluding hydrogens is 471 g/mol. The summed E-state index contributed by atoms with van der Waals surface area (Å²) in [5, 5.41) is 9.23. The Bertz CT molecular complexity index is 603. The zero-order chi connectivity index (χ0) is 20.1. The first-order valence-electron chi connectivity index (χ1n) is 9.54. The van der Waals surface area contributed by atoms with Crippen LogP contribution in [0.25, 0.3) is 0 Å². The van der Waals surface area contributed by atoms with Gasteiger partial charge in [-0.1, -0.05) is 12.1 Å². The maximum Gasteiger partial charge on any atom is 0.407 e. The van der Waals surface area contributed by atoms with Gasteiger partial charge in [0.25, 0.3) is 0 Å². The number of rotatable bonds is 9. The molecule has 0 spiro atoms. The van der Waals surface area contributed by atoms with Crippen molar-refractivity contribution in [3.8, 4) is 5.75 Å². The number of nitrogens with zero attached hydrogens (tertiary/aromatic N) is 1.